The van der Waals surface area contributed by atoms with E-state index in [2.05, 4.69) is 10.6 Å². The van der Waals surface area contributed by atoms with Crippen molar-refractivity contribution in [3.8, 4) is 22.8 Å². The van der Waals surface area contributed by atoms with E-state index in [1.165, 1.54) is 38.5 Å². The van der Waals surface area contributed by atoms with Gasteiger partial charge in [-0.15, -0.1) is 0 Å². The molecule has 0 spiro atoms. The molecule has 40 heavy (non-hydrogen) atoms. The molecule has 218 valence electrons. The van der Waals surface area contributed by atoms with E-state index in [4.69, 9.17) is 14.6 Å². The first kappa shape index (κ1) is 28.5. The first-order chi connectivity index (χ1) is 19.6. The summed E-state index contributed by atoms with van der Waals surface area (Å²) in [5, 5.41) is 11.2. The highest BCUT2D eigenvalue weighted by molar-refractivity contribution is 5.94. The molecule has 1 atom stereocenters. The normalized spacial score (nSPS) is 19.1. The van der Waals surface area contributed by atoms with Gasteiger partial charge in [0.2, 0.25) is 5.91 Å². The van der Waals surface area contributed by atoms with Gasteiger partial charge in [-0.05, 0) is 69.1 Å². The summed E-state index contributed by atoms with van der Waals surface area (Å²) in [5.74, 6) is 1.87. The molecular formula is C32H46N4O4. The van der Waals surface area contributed by atoms with Crippen molar-refractivity contribution in [2.24, 2.45) is 5.92 Å². The van der Waals surface area contributed by atoms with E-state index in [1.54, 1.807) is 14.2 Å². The molecule has 3 saturated carbocycles. The molecular weight excluding hydrogens is 504 g/mol. The molecule has 3 aliphatic rings. The second-order valence-corrected chi connectivity index (χ2v) is 12.0. The van der Waals surface area contributed by atoms with Gasteiger partial charge in [-0.2, -0.15) is 5.10 Å². The Hall–Kier alpha value is -3.03. The number of carbonyl (C=O) groups excluding carboxylic acids is 2. The summed E-state index contributed by atoms with van der Waals surface area (Å²) in [5.41, 5.74) is 2.00. The molecule has 1 aromatic carbocycles. The Morgan fingerprint density at radius 1 is 0.950 bits per heavy atom. The van der Waals surface area contributed by atoms with Crippen LogP contribution in [0.25, 0.3) is 11.3 Å². The summed E-state index contributed by atoms with van der Waals surface area (Å²) in [6, 6.07) is 7.88. The van der Waals surface area contributed by atoms with E-state index in [0.717, 1.165) is 62.6 Å². The van der Waals surface area contributed by atoms with Crippen molar-refractivity contribution in [1.29, 1.82) is 0 Å². The molecule has 2 N–H and O–H groups in total. The van der Waals surface area contributed by atoms with Gasteiger partial charge in [0.1, 0.15) is 11.5 Å². The number of benzene rings is 1. The molecule has 1 heterocycles. The molecule has 8 nitrogen and oxygen atoms in total. The Bertz CT molecular complexity index is 1120. The standard InChI is InChI=1S/C32H46N4O4/c1-39-28-16-9-17-29(40-2)31(28)27-21-26(35-36(27)25-14-6-7-15-25)32(38)34-24(19-18-22-10-4-3-5-11-22)20-30(37)33-23-12-8-13-23/h9,16-17,21-25H,3-8,10-15,18-20H2,1-2H3,(H,33,37)(H,34,38)/t24-/m0/s1. The number of carbonyl (C=O) groups is 2. The largest absolute Gasteiger partial charge is 0.496 e. The fourth-order valence-corrected chi connectivity index (χ4v) is 6.68. The first-order valence-corrected chi connectivity index (χ1v) is 15.5. The van der Waals surface area contributed by atoms with E-state index in [0.29, 0.717) is 35.6 Å². The number of nitrogens with zero attached hydrogens (tertiary/aromatic N) is 2. The molecule has 2 aromatic rings. The minimum Gasteiger partial charge on any atom is -0.496 e. The van der Waals surface area contributed by atoms with Crippen LogP contribution in [0.5, 0.6) is 11.5 Å². The Kier molecular flexibility index (Phi) is 9.66. The number of hydrogen-bond acceptors (Lipinski definition) is 5. The summed E-state index contributed by atoms with van der Waals surface area (Å²) < 4.78 is 13.4. The third-order valence-corrected chi connectivity index (χ3v) is 9.21. The zero-order valence-corrected chi connectivity index (χ0v) is 24.3. The molecule has 2 amide bonds. The maximum Gasteiger partial charge on any atom is 0.272 e. The molecule has 0 unspecified atom stereocenters. The Labute approximate surface area is 238 Å². The number of amides is 2. The van der Waals surface area contributed by atoms with E-state index >= 15 is 0 Å². The van der Waals surface area contributed by atoms with Crippen molar-refractivity contribution in [1.82, 2.24) is 20.4 Å². The van der Waals surface area contributed by atoms with Gasteiger partial charge in [-0.1, -0.05) is 51.0 Å². The summed E-state index contributed by atoms with van der Waals surface area (Å²) in [6.45, 7) is 0. The molecule has 5 rings (SSSR count). The minimum atomic E-state index is -0.225. The Morgan fingerprint density at radius 2 is 1.62 bits per heavy atom. The third-order valence-electron chi connectivity index (χ3n) is 9.21. The van der Waals surface area contributed by atoms with Gasteiger partial charge >= 0.3 is 0 Å². The molecule has 3 fully saturated rings. The number of methoxy groups -OCH3 is 2. The average Bonchev–Trinajstić information content (AvgIpc) is 3.64. The number of rotatable bonds is 12. The van der Waals surface area contributed by atoms with Crippen LogP contribution in [0, 0.1) is 5.92 Å². The van der Waals surface area contributed by atoms with E-state index in [-0.39, 0.29) is 23.9 Å². The number of ether oxygens (including phenoxy) is 2. The van der Waals surface area contributed by atoms with Gasteiger partial charge in [0, 0.05) is 18.5 Å². The molecule has 3 aliphatic carbocycles. The quantitative estimate of drug-likeness (QED) is 0.328. The summed E-state index contributed by atoms with van der Waals surface area (Å²) in [6.07, 6.45) is 16.2. The fourth-order valence-electron chi connectivity index (χ4n) is 6.68. The Balaban J connectivity index is 1.37. The number of hydrogen-bond donors (Lipinski definition) is 2. The molecule has 8 heteroatoms. The SMILES string of the molecule is COc1cccc(OC)c1-c1cc(C(=O)N[C@@H](CCC2CCCCC2)CC(=O)NC2CCC2)nn1C1CCCC1. The van der Waals surface area contributed by atoms with Crippen molar-refractivity contribution in [2.45, 2.75) is 114 Å². The predicted octanol–water partition coefficient (Wildman–Crippen LogP) is 6.20. The van der Waals surface area contributed by atoms with Crippen molar-refractivity contribution in [2.75, 3.05) is 14.2 Å². The average molecular weight is 551 g/mol. The monoisotopic (exact) mass is 550 g/mol. The smallest absolute Gasteiger partial charge is 0.272 e. The lowest BCUT2D eigenvalue weighted by atomic mass is 9.85. The van der Waals surface area contributed by atoms with Crippen LogP contribution in [0.4, 0.5) is 0 Å². The predicted molar refractivity (Wildman–Crippen MR) is 156 cm³/mol. The molecule has 1 aromatic heterocycles. The molecule has 0 aliphatic heterocycles. The maximum absolute atomic E-state index is 13.7. The lowest BCUT2D eigenvalue weighted by Crippen LogP contribution is -2.44. The zero-order valence-electron chi connectivity index (χ0n) is 24.3. The van der Waals surface area contributed by atoms with Crippen LogP contribution in [-0.2, 0) is 4.79 Å². The lowest BCUT2D eigenvalue weighted by Gasteiger charge is -2.28. The third kappa shape index (κ3) is 6.81. The molecule has 0 radical (unpaired) electrons. The van der Waals surface area contributed by atoms with Gasteiger partial charge in [0.25, 0.3) is 5.91 Å². The summed E-state index contributed by atoms with van der Waals surface area (Å²) >= 11 is 0. The van der Waals surface area contributed by atoms with Crippen LogP contribution in [0.15, 0.2) is 24.3 Å². The van der Waals surface area contributed by atoms with Crippen LogP contribution < -0.4 is 20.1 Å². The van der Waals surface area contributed by atoms with Crippen molar-refractivity contribution >= 4 is 11.8 Å². The highest BCUT2D eigenvalue weighted by Crippen LogP contribution is 2.42. The topological polar surface area (TPSA) is 94.5 Å². The molecule has 0 saturated heterocycles. The maximum atomic E-state index is 13.7. The number of nitrogens with one attached hydrogen (secondary N) is 2. The highest BCUT2D eigenvalue weighted by atomic mass is 16.5. The first-order valence-electron chi connectivity index (χ1n) is 15.5. The van der Waals surface area contributed by atoms with Gasteiger partial charge in [-0.25, -0.2) is 0 Å². The number of aromatic nitrogens is 2. The van der Waals surface area contributed by atoms with E-state index in [9.17, 15) is 9.59 Å². The lowest BCUT2D eigenvalue weighted by molar-refractivity contribution is -0.122. The van der Waals surface area contributed by atoms with Crippen molar-refractivity contribution in [3.05, 3.63) is 30.0 Å². The highest BCUT2D eigenvalue weighted by Gasteiger charge is 2.29. The van der Waals surface area contributed by atoms with Crippen LogP contribution >= 0.6 is 0 Å². The van der Waals surface area contributed by atoms with Crippen LogP contribution in [0.3, 0.4) is 0 Å². The van der Waals surface area contributed by atoms with E-state index < -0.39 is 0 Å². The van der Waals surface area contributed by atoms with Crippen molar-refractivity contribution < 1.29 is 19.1 Å². The Morgan fingerprint density at radius 3 is 2.25 bits per heavy atom. The summed E-state index contributed by atoms with van der Waals surface area (Å²) in [7, 11) is 3.29. The zero-order chi connectivity index (χ0) is 27.9. The second kappa shape index (κ2) is 13.6. The second-order valence-electron chi connectivity index (χ2n) is 12.0. The van der Waals surface area contributed by atoms with Crippen LogP contribution in [0.2, 0.25) is 0 Å². The molecule has 0 bridgehead atoms. The minimum absolute atomic E-state index is 0.0366. The van der Waals surface area contributed by atoms with Crippen molar-refractivity contribution in [3.63, 3.8) is 0 Å². The van der Waals surface area contributed by atoms with E-state index in [1.807, 2.05) is 28.9 Å². The van der Waals surface area contributed by atoms with Gasteiger partial charge in [0.05, 0.1) is 31.5 Å². The van der Waals surface area contributed by atoms with Crippen LogP contribution in [0.1, 0.15) is 113 Å². The van der Waals surface area contributed by atoms with Crippen LogP contribution in [-0.4, -0.2) is 47.9 Å². The van der Waals surface area contributed by atoms with Gasteiger partial charge in [0.15, 0.2) is 5.69 Å². The fraction of sp³-hybridized carbons (Fsp3) is 0.656. The summed E-state index contributed by atoms with van der Waals surface area (Å²) in [4.78, 5) is 26.6. The van der Waals surface area contributed by atoms with Gasteiger partial charge in [-0.3, -0.25) is 14.3 Å². The van der Waals surface area contributed by atoms with Gasteiger partial charge < -0.3 is 20.1 Å².